The first kappa shape index (κ1) is 17.9. The maximum Gasteiger partial charge on any atom is 0.135 e. The molecule has 0 radical (unpaired) electrons. The smallest absolute Gasteiger partial charge is 0.135 e. The van der Waals surface area contributed by atoms with Crippen LogP contribution in [0.25, 0.3) is 88.1 Å². The van der Waals surface area contributed by atoms with Crippen molar-refractivity contribution in [3.63, 3.8) is 0 Å². The van der Waals surface area contributed by atoms with Gasteiger partial charge in [0.2, 0.25) is 0 Å². The van der Waals surface area contributed by atoms with Crippen LogP contribution in [0, 0.1) is 0 Å². The number of benzene rings is 7. The van der Waals surface area contributed by atoms with Gasteiger partial charge in [-0.3, -0.25) is 0 Å². The fraction of sp³-hybridized carbons (Fsp3) is 0. The fourth-order valence-electron chi connectivity index (χ4n) is 6.77. The van der Waals surface area contributed by atoms with Gasteiger partial charge >= 0.3 is 0 Å². The van der Waals surface area contributed by atoms with Crippen LogP contribution < -0.4 is 0 Å². The molecule has 0 N–H and O–H groups in total. The first-order chi connectivity index (χ1) is 25.6. The molecule has 0 bridgehead atoms. The van der Waals surface area contributed by atoms with E-state index in [4.69, 9.17) is 15.4 Å². The van der Waals surface area contributed by atoms with Crippen molar-refractivity contribution < 1.29 is 15.4 Å². The van der Waals surface area contributed by atoms with Crippen LogP contribution in [0.15, 0.2) is 162 Å². The van der Waals surface area contributed by atoms with Gasteiger partial charge in [0.15, 0.2) is 0 Å². The molecule has 0 amide bonds. The number of para-hydroxylation sites is 4. The van der Waals surface area contributed by atoms with Gasteiger partial charge in [-0.15, -0.1) is 0 Å². The standard InChI is InChI=1S/C42H26N2O/c1-2-10-29(11-3-1)43-39-17-9-6-14-33(39)34-24-27(18-21-40(34)43)28-19-22-41-35(25-28)36-26-30(20-23-42(36)45-41)44-37-15-7-4-12-31(37)32-13-5-8-16-38(32)44/h1-26H/i4D,5D,7D,8D,12D,13D,15D,16D. The van der Waals surface area contributed by atoms with Crippen molar-refractivity contribution in [2.75, 3.05) is 0 Å². The van der Waals surface area contributed by atoms with Crippen molar-refractivity contribution in [1.29, 1.82) is 0 Å². The lowest BCUT2D eigenvalue weighted by atomic mass is 10.0. The molecule has 0 fully saturated rings. The molecule has 3 heteroatoms. The Kier molecular flexibility index (Phi) is 3.67. The molecule has 0 atom stereocenters. The van der Waals surface area contributed by atoms with E-state index >= 15 is 0 Å². The largest absolute Gasteiger partial charge is 0.456 e. The highest BCUT2D eigenvalue weighted by molar-refractivity contribution is 6.12. The highest BCUT2D eigenvalue weighted by atomic mass is 16.3. The third kappa shape index (κ3) is 3.52. The zero-order valence-electron chi connectivity index (χ0n) is 31.7. The Labute approximate surface area is 270 Å². The zero-order valence-corrected chi connectivity index (χ0v) is 23.7. The van der Waals surface area contributed by atoms with Gasteiger partial charge in [-0.1, -0.05) is 84.8 Å². The predicted molar refractivity (Wildman–Crippen MR) is 188 cm³/mol. The molecular formula is C42H26N2O. The van der Waals surface area contributed by atoms with E-state index in [1.165, 1.54) is 4.57 Å². The van der Waals surface area contributed by atoms with E-state index in [1.54, 1.807) is 12.1 Å². The van der Waals surface area contributed by atoms with E-state index in [-0.39, 0.29) is 46.0 Å². The molecule has 3 nitrogen and oxygen atoms in total. The van der Waals surface area contributed by atoms with Crippen LogP contribution in [-0.2, 0) is 0 Å². The highest BCUT2D eigenvalue weighted by Gasteiger charge is 2.16. The molecule has 210 valence electrons. The van der Waals surface area contributed by atoms with Crippen LogP contribution in [0.4, 0.5) is 0 Å². The molecule has 3 aromatic heterocycles. The summed E-state index contributed by atoms with van der Waals surface area (Å²) in [6.45, 7) is 0. The third-order valence-electron chi connectivity index (χ3n) is 8.76. The van der Waals surface area contributed by atoms with Crippen molar-refractivity contribution in [1.82, 2.24) is 9.13 Å². The van der Waals surface area contributed by atoms with Crippen molar-refractivity contribution in [3.8, 4) is 22.5 Å². The number of fused-ring (bicyclic) bond motifs is 9. The lowest BCUT2D eigenvalue weighted by Gasteiger charge is -2.08. The average Bonchev–Trinajstić information content (AvgIpc) is 3.85. The van der Waals surface area contributed by atoms with Gasteiger partial charge < -0.3 is 13.6 Å². The summed E-state index contributed by atoms with van der Waals surface area (Å²) in [4.78, 5) is 0. The Hall–Kier alpha value is -6.06. The number of hydrogen-bond acceptors (Lipinski definition) is 1. The normalized spacial score (nSPS) is 14.5. The highest BCUT2D eigenvalue weighted by Crippen LogP contribution is 2.39. The molecule has 3 heterocycles. The number of aromatic nitrogens is 2. The molecule has 0 aliphatic carbocycles. The Morgan fingerprint density at radius 3 is 1.76 bits per heavy atom. The van der Waals surface area contributed by atoms with Gasteiger partial charge in [0.25, 0.3) is 0 Å². The predicted octanol–water partition coefficient (Wildman–Crippen LogP) is 11.4. The Morgan fingerprint density at radius 1 is 0.400 bits per heavy atom. The Bertz CT molecular complexity index is 3140. The molecule has 0 spiro atoms. The van der Waals surface area contributed by atoms with Crippen molar-refractivity contribution in [2.45, 2.75) is 0 Å². The summed E-state index contributed by atoms with van der Waals surface area (Å²) in [5, 5.41) is 3.94. The third-order valence-corrected chi connectivity index (χ3v) is 8.76. The molecule has 10 rings (SSSR count). The minimum atomic E-state index is -0.472. The first-order valence-corrected chi connectivity index (χ1v) is 14.7. The monoisotopic (exact) mass is 582 g/mol. The van der Waals surface area contributed by atoms with E-state index in [1.807, 2.05) is 36.4 Å². The number of nitrogens with zero attached hydrogens (tertiary/aromatic N) is 2. The summed E-state index contributed by atoms with van der Waals surface area (Å²) < 4.78 is 79.0. The maximum atomic E-state index is 8.89. The van der Waals surface area contributed by atoms with Crippen LogP contribution in [0.5, 0.6) is 0 Å². The van der Waals surface area contributed by atoms with Crippen molar-refractivity contribution in [2.24, 2.45) is 0 Å². The molecule has 45 heavy (non-hydrogen) atoms. The van der Waals surface area contributed by atoms with Gasteiger partial charge in [0.1, 0.15) is 11.2 Å². The SMILES string of the molecule is [2H]c1c([2H])c([2H])c2c(c1[2H])c1c([2H])c([2H])c([2H])c([2H])c1n2-c1ccc2oc3ccc(-c4ccc5c(c4)c4ccccc4n5-c4ccccc4)cc3c2c1. The zero-order chi connectivity index (χ0) is 36.4. The van der Waals surface area contributed by atoms with Crippen LogP contribution in [0.2, 0.25) is 0 Å². The molecule has 7 aromatic carbocycles. The maximum absolute atomic E-state index is 8.89. The van der Waals surface area contributed by atoms with E-state index in [9.17, 15) is 0 Å². The Balaban J connectivity index is 1.21. The summed E-state index contributed by atoms with van der Waals surface area (Å²) in [5.74, 6) is 0. The molecular weight excluding hydrogens is 548 g/mol. The van der Waals surface area contributed by atoms with Gasteiger partial charge in [-0.25, -0.2) is 0 Å². The van der Waals surface area contributed by atoms with E-state index in [0.717, 1.165) is 49.4 Å². The number of rotatable bonds is 3. The van der Waals surface area contributed by atoms with Crippen LogP contribution in [0.3, 0.4) is 0 Å². The molecule has 0 aliphatic heterocycles. The van der Waals surface area contributed by atoms with Crippen LogP contribution >= 0.6 is 0 Å². The fourth-order valence-corrected chi connectivity index (χ4v) is 6.77. The first-order valence-electron chi connectivity index (χ1n) is 18.7. The molecule has 0 saturated carbocycles. The summed E-state index contributed by atoms with van der Waals surface area (Å²) in [6.07, 6.45) is 0. The van der Waals surface area contributed by atoms with Crippen LogP contribution in [-0.4, -0.2) is 9.13 Å². The summed E-state index contributed by atoms with van der Waals surface area (Å²) in [6, 6.07) is 33.3. The van der Waals surface area contributed by atoms with Crippen molar-refractivity contribution in [3.05, 3.63) is 158 Å². The minimum absolute atomic E-state index is 0.0430. The Morgan fingerprint density at radius 2 is 0.978 bits per heavy atom. The average molecular weight is 583 g/mol. The minimum Gasteiger partial charge on any atom is -0.456 e. The van der Waals surface area contributed by atoms with Crippen LogP contribution in [0.1, 0.15) is 11.0 Å². The topological polar surface area (TPSA) is 23.0 Å². The molecule has 0 unspecified atom stereocenters. The lowest BCUT2D eigenvalue weighted by Crippen LogP contribution is -1.93. The van der Waals surface area contributed by atoms with E-state index < -0.39 is 24.2 Å². The quantitative estimate of drug-likeness (QED) is 0.203. The van der Waals surface area contributed by atoms with E-state index in [2.05, 4.69) is 65.2 Å². The molecule has 0 saturated heterocycles. The van der Waals surface area contributed by atoms with E-state index in [0.29, 0.717) is 16.9 Å². The second-order valence-electron chi connectivity index (χ2n) is 11.2. The van der Waals surface area contributed by atoms with Gasteiger partial charge in [-0.05, 0) is 83.9 Å². The summed E-state index contributed by atoms with van der Waals surface area (Å²) >= 11 is 0. The van der Waals surface area contributed by atoms with Gasteiger partial charge in [0, 0.05) is 43.7 Å². The summed E-state index contributed by atoms with van der Waals surface area (Å²) in [7, 11) is 0. The number of hydrogen-bond donors (Lipinski definition) is 0. The number of furan rings is 1. The van der Waals surface area contributed by atoms with Gasteiger partial charge in [0.05, 0.1) is 33.0 Å². The summed E-state index contributed by atoms with van der Waals surface area (Å²) in [5.41, 5.74) is 7.19. The lowest BCUT2D eigenvalue weighted by molar-refractivity contribution is 0.669. The second-order valence-corrected chi connectivity index (χ2v) is 11.2. The second kappa shape index (κ2) is 9.22. The molecule has 0 aliphatic rings. The molecule has 10 aromatic rings. The van der Waals surface area contributed by atoms with Gasteiger partial charge in [-0.2, -0.15) is 0 Å². The van der Waals surface area contributed by atoms with Crippen molar-refractivity contribution >= 4 is 65.6 Å².